The predicted octanol–water partition coefficient (Wildman–Crippen LogP) is 3.00. The maximum Gasteiger partial charge on any atom is 0.189 e. The zero-order valence-electron chi connectivity index (χ0n) is 12.9. The lowest BCUT2D eigenvalue weighted by molar-refractivity contribution is 0.104. The minimum Gasteiger partial charge on any atom is -0.481 e. The molecule has 0 bridgehead atoms. The molecule has 0 aliphatic rings. The van der Waals surface area contributed by atoms with Crippen LogP contribution in [0.4, 0.5) is 0 Å². The van der Waals surface area contributed by atoms with Crippen LogP contribution in [0.15, 0.2) is 48.8 Å². The van der Waals surface area contributed by atoms with E-state index >= 15 is 0 Å². The largest absolute Gasteiger partial charge is 0.481 e. The summed E-state index contributed by atoms with van der Waals surface area (Å²) in [6, 6.07) is 8.52. The maximum atomic E-state index is 12.4. The van der Waals surface area contributed by atoms with Crippen LogP contribution in [-0.2, 0) is 0 Å². The van der Waals surface area contributed by atoms with E-state index in [1.54, 1.807) is 42.7 Å². The Bertz CT molecular complexity index is 811. The summed E-state index contributed by atoms with van der Waals surface area (Å²) in [5.41, 5.74) is 1.21. The fraction of sp³-hybridized carbons (Fsp3) is 0.100. The Hall–Kier alpha value is -3.50. The lowest BCUT2D eigenvalue weighted by Gasteiger charge is -2.10. The van der Waals surface area contributed by atoms with E-state index in [1.165, 1.54) is 6.08 Å². The molecule has 0 unspecified atom stereocenters. The van der Waals surface area contributed by atoms with Gasteiger partial charge in [0.1, 0.15) is 24.7 Å². The number of hydrogen-bond acceptors (Lipinski definition) is 4. The van der Waals surface area contributed by atoms with Crippen molar-refractivity contribution in [1.82, 2.24) is 4.98 Å². The van der Waals surface area contributed by atoms with Crippen molar-refractivity contribution in [1.29, 1.82) is 0 Å². The van der Waals surface area contributed by atoms with E-state index in [4.69, 9.17) is 22.3 Å². The molecule has 0 fully saturated rings. The number of carbonyl (C=O) groups excluding carboxylic acids is 1. The van der Waals surface area contributed by atoms with Gasteiger partial charge in [0.2, 0.25) is 0 Å². The summed E-state index contributed by atoms with van der Waals surface area (Å²) < 4.78 is 10.8. The molecule has 0 aliphatic heterocycles. The number of terminal acetylenes is 2. The van der Waals surface area contributed by atoms with Crippen molar-refractivity contribution in [3.05, 3.63) is 59.9 Å². The monoisotopic (exact) mass is 317 g/mol. The van der Waals surface area contributed by atoms with Crippen molar-refractivity contribution in [2.24, 2.45) is 0 Å². The van der Waals surface area contributed by atoms with Gasteiger partial charge < -0.3 is 9.47 Å². The van der Waals surface area contributed by atoms with E-state index in [0.29, 0.717) is 17.1 Å². The molecule has 4 heteroatoms. The summed E-state index contributed by atoms with van der Waals surface area (Å²) in [5.74, 6) is 5.39. The third kappa shape index (κ3) is 4.76. The van der Waals surface area contributed by atoms with Crippen molar-refractivity contribution in [2.75, 3.05) is 13.2 Å². The Balaban J connectivity index is 2.23. The molecule has 24 heavy (non-hydrogen) atoms. The summed E-state index contributed by atoms with van der Waals surface area (Å²) >= 11 is 0. The van der Waals surface area contributed by atoms with Crippen LogP contribution < -0.4 is 9.47 Å². The van der Waals surface area contributed by atoms with Crippen LogP contribution >= 0.6 is 0 Å². The van der Waals surface area contributed by atoms with Crippen LogP contribution in [0.2, 0.25) is 0 Å². The molecule has 1 aromatic carbocycles. The van der Waals surface area contributed by atoms with Gasteiger partial charge in [-0.1, -0.05) is 17.9 Å². The molecule has 0 aliphatic carbocycles. The number of benzene rings is 1. The van der Waals surface area contributed by atoms with Gasteiger partial charge in [-0.05, 0) is 35.9 Å². The third-order valence-electron chi connectivity index (χ3n) is 2.96. The molecule has 0 saturated carbocycles. The maximum absolute atomic E-state index is 12.4. The summed E-state index contributed by atoms with van der Waals surface area (Å²) in [6.07, 6.45) is 16.9. The number of carbonyl (C=O) groups is 1. The van der Waals surface area contributed by atoms with Gasteiger partial charge in [0.25, 0.3) is 0 Å². The third-order valence-corrected chi connectivity index (χ3v) is 2.96. The SMILES string of the molecule is C#CCOc1ccc(C(=O)/C=C/c2cccnc2)c(OCC#C)c1. The number of allylic oxidation sites excluding steroid dienone is 1. The van der Waals surface area contributed by atoms with E-state index in [0.717, 1.165) is 5.56 Å². The molecule has 0 radical (unpaired) electrons. The van der Waals surface area contributed by atoms with Crippen molar-refractivity contribution in [3.8, 4) is 36.2 Å². The highest BCUT2D eigenvalue weighted by Gasteiger charge is 2.12. The van der Waals surface area contributed by atoms with Gasteiger partial charge in [-0.2, -0.15) is 0 Å². The first-order valence-corrected chi connectivity index (χ1v) is 7.13. The average molecular weight is 317 g/mol. The molecule has 1 heterocycles. The lowest BCUT2D eigenvalue weighted by Crippen LogP contribution is -2.03. The molecule has 118 valence electrons. The van der Waals surface area contributed by atoms with Crippen LogP contribution in [0.25, 0.3) is 6.08 Å². The Morgan fingerprint density at radius 3 is 2.67 bits per heavy atom. The molecule has 0 saturated heterocycles. The molecule has 0 N–H and O–H groups in total. The highest BCUT2D eigenvalue weighted by molar-refractivity contribution is 6.08. The normalized spacial score (nSPS) is 9.92. The molecule has 0 spiro atoms. The first kappa shape index (κ1) is 16.9. The molecule has 2 rings (SSSR count). The molecular weight excluding hydrogens is 302 g/mol. The van der Waals surface area contributed by atoms with Gasteiger partial charge in [0.15, 0.2) is 5.78 Å². The number of pyridine rings is 1. The molecule has 0 atom stereocenters. The van der Waals surface area contributed by atoms with Crippen molar-refractivity contribution in [2.45, 2.75) is 0 Å². The fourth-order valence-corrected chi connectivity index (χ4v) is 1.90. The van der Waals surface area contributed by atoms with E-state index in [9.17, 15) is 4.79 Å². The van der Waals surface area contributed by atoms with Crippen molar-refractivity contribution in [3.63, 3.8) is 0 Å². The Labute approximate surface area is 141 Å². The smallest absolute Gasteiger partial charge is 0.189 e. The standard InChI is InChI=1S/C20H15NO3/c1-3-12-23-17-8-9-18(20(14-17)24-13-4-2)19(22)10-7-16-6-5-11-21-15-16/h1-2,5-11,14-15H,12-13H2/b10-7+. The number of rotatable bonds is 7. The van der Waals surface area contributed by atoms with Gasteiger partial charge in [0.05, 0.1) is 5.56 Å². The molecule has 1 aromatic heterocycles. The van der Waals surface area contributed by atoms with Crippen LogP contribution in [0.5, 0.6) is 11.5 Å². The van der Waals surface area contributed by atoms with Gasteiger partial charge in [-0.3, -0.25) is 9.78 Å². The quantitative estimate of drug-likeness (QED) is 0.447. The van der Waals surface area contributed by atoms with Gasteiger partial charge in [-0.15, -0.1) is 12.8 Å². The van der Waals surface area contributed by atoms with Crippen LogP contribution in [0.3, 0.4) is 0 Å². The Morgan fingerprint density at radius 1 is 1.17 bits per heavy atom. The van der Waals surface area contributed by atoms with Crippen molar-refractivity contribution < 1.29 is 14.3 Å². The van der Waals surface area contributed by atoms with E-state index in [1.807, 2.05) is 6.07 Å². The Morgan fingerprint density at radius 2 is 1.96 bits per heavy atom. The minimum atomic E-state index is -0.214. The highest BCUT2D eigenvalue weighted by atomic mass is 16.5. The minimum absolute atomic E-state index is 0.0468. The number of hydrogen-bond donors (Lipinski definition) is 0. The molecule has 0 amide bonds. The predicted molar refractivity (Wildman–Crippen MR) is 92.7 cm³/mol. The van der Waals surface area contributed by atoms with Crippen LogP contribution in [0, 0.1) is 24.7 Å². The van der Waals surface area contributed by atoms with E-state index in [-0.39, 0.29) is 19.0 Å². The molecule has 4 nitrogen and oxygen atoms in total. The van der Waals surface area contributed by atoms with Gasteiger partial charge in [-0.25, -0.2) is 0 Å². The number of nitrogens with zero attached hydrogens (tertiary/aromatic N) is 1. The molecule has 2 aromatic rings. The zero-order chi connectivity index (χ0) is 17.2. The van der Waals surface area contributed by atoms with Crippen LogP contribution in [-0.4, -0.2) is 24.0 Å². The fourth-order valence-electron chi connectivity index (χ4n) is 1.90. The second-order valence-electron chi connectivity index (χ2n) is 4.63. The second-order valence-corrected chi connectivity index (χ2v) is 4.63. The zero-order valence-corrected chi connectivity index (χ0v) is 12.9. The van der Waals surface area contributed by atoms with Crippen LogP contribution in [0.1, 0.15) is 15.9 Å². The topological polar surface area (TPSA) is 48.4 Å². The van der Waals surface area contributed by atoms with Crippen molar-refractivity contribution >= 4 is 11.9 Å². The summed E-state index contributed by atoms with van der Waals surface area (Å²) in [4.78, 5) is 16.4. The second kappa shape index (κ2) is 8.82. The average Bonchev–Trinajstić information content (AvgIpc) is 2.63. The number of ketones is 1. The number of aromatic nitrogens is 1. The van der Waals surface area contributed by atoms with Gasteiger partial charge >= 0.3 is 0 Å². The lowest BCUT2D eigenvalue weighted by atomic mass is 10.1. The van der Waals surface area contributed by atoms with E-state index in [2.05, 4.69) is 16.8 Å². The highest BCUT2D eigenvalue weighted by Crippen LogP contribution is 2.26. The molecular formula is C20H15NO3. The first-order valence-electron chi connectivity index (χ1n) is 7.13. The summed E-state index contributed by atoms with van der Waals surface area (Å²) in [5, 5.41) is 0. The first-order chi connectivity index (χ1) is 11.7. The summed E-state index contributed by atoms with van der Waals surface area (Å²) in [7, 11) is 0. The summed E-state index contributed by atoms with van der Waals surface area (Å²) in [6.45, 7) is 0.175. The number of ether oxygens (including phenoxy) is 2. The van der Waals surface area contributed by atoms with Gasteiger partial charge in [0, 0.05) is 18.5 Å². The van der Waals surface area contributed by atoms with E-state index < -0.39 is 0 Å². The Kier molecular flexibility index (Phi) is 6.20.